The zero-order valence-electron chi connectivity index (χ0n) is 11.1. The number of piperidine rings is 1. The first-order chi connectivity index (χ1) is 9.83. The molecule has 1 fully saturated rings. The van der Waals surface area contributed by atoms with Crippen molar-refractivity contribution in [2.45, 2.75) is 18.9 Å². The van der Waals surface area contributed by atoms with Crippen LogP contribution in [-0.2, 0) is 0 Å². The van der Waals surface area contributed by atoms with E-state index < -0.39 is 0 Å². The van der Waals surface area contributed by atoms with Crippen LogP contribution in [0.25, 0.3) is 0 Å². The minimum atomic E-state index is -0.0465. The molecule has 1 aliphatic heterocycles. The molecule has 0 atom stereocenters. The highest BCUT2D eigenvalue weighted by atomic mass is 16.5. The number of carbonyl (C=O) groups excluding carboxylic acids is 1. The molecule has 0 aromatic carbocycles. The number of furan rings is 1. The molecule has 0 N–H and O–H groups in total. The Bertz CT molecular complexity index is 546. The number of hydrogen-bond acceptors (Lipinski definition) is 4. The van der Waals surface area contributed by atoms with Gasteiger partial charge in [0, 0.05) is 32.1 Å². The maximum atomic E-state index is 12.1. The number of nitrogens with zero attached hydrogens (tertiary/aromatic N) is 2. The van der Waals surface area contributed by atoms with Gasteiger partial charge < -0.3 is 14.1 Å². The van der Waals surface area contributed by atoms with Gasteiger partial charge in [-0.2, -0.15) is 0 Å². The predicted molar refractivity (Wildman–Crippen MR) is 72.5 cm³/mol. The molecule has 1 amide bonds. The highest BCUT2D eigenvalue weighted by Gasteiger charge is 2.25. The van der Waals surface area contributed by atoms with Gasteiger partial charge in [-0.15, -0.1) is 0 Å². The number of ether oxygens (including phenoxy) is 1. The molecular weight excluding hydrogens is 256 g/mol. The van der Waals surface area contributed by atoms with Crippen molar-refractivity contribution in [1.29, 1.82) is 0 Å². The topological polar surface area (TPSA) is 55.6 Å². The molecule has 0 radical (unpaired) electrons. The Morgan fingerprint density at radius 2 is 2.15 bits per heavy atom. The number of amides is 1. The number of hydrogen-bond donors (Lipinski definition) is 0. The van der Waals surface area contributed by atoms with Crippen LogP contribution in [0.1, 0.15) is 23.4 Å². The summed E-state index contributed by atoms with van der Waals surface area (Å²) in [6, 6.07) is 7.17. The van der Waals surface area contributed by atoms with Gasteiger partial charge in [0.05, 0.1) is 12.5 Å². The predicted octanol–water partition coefficient (Wildman–Crippen LogP) is 2.36. The molecule has 1 saturated heterocycles. The second-order valence-electron chi connectivity index (χ2n) is 4.78. The van der Waals surface area contributed by atoms with E-state index in [1.807, 2.05) is 17.0 Å². The van der Waals surface area contributed by atoms with Crippen LogP contribution in [0, 0.1) is 0 Å². The van der Waals surface area contributed by atoms with Crippen molar-refractivity contribution < 1.29 is 13.9 Å². The standard InChI is InChI=1S/C15H16N2O3/c18-15(14-4-2-10-19-14)17-8-5-12(6-9-17)20-13-3-1-7-16-11-13/h1-4,7,10-12H,5-6,8-9H2. The van der Waals surface area contributed by atoms with Crippen LogP contribution in [0.5, 0.6) is 5.75 Å². The Morgan fingerprint density at radius 3 is 2.80 bits per heavy atom. The van der Waals surface area contributed by atoms with Gasteiger partial charge in [-0.25, -0.2) is 0 Å². The molecule has 20 heavy (non-hydrogen) atoms. The van der Waals surface area contributed by atoms with Crippen LogP contribution in [0.3, 0.4) is 0 Å². The summed E-state index contributed by atoms with van der Waals surface area (Å²) in [5, 5.41) is 0. The SMILES string of the molecule is O=C(c1ccco1)N1CCC(Oc2cccnc2)CC1. The lowest BCUT2D eigenvalue weighted by Gasteiger charge is -2.31. The van der Waals surface area contributed by atoms with Crippen molar-refractivity contribution in [3.8, 4) is 5.75 Å². The molecular formula is C15H16N2O3. The zero-order valence-corrected chi connectivity index (χ0v) is 11.1. The lowest BCUT2D eigenvalue weighted by Crippen LogP contribution is -2.41. The first-order valence-electron chi connectivity index (χ1n) is 6.72. The molecule has 5 nitrogen and oxygen atoms in total. The molecule has 0 unspecified atom stereocenters. The van der Waals surface area contributed by atoms with E-state index in [1.165, 1.54) is 6.26 Å². The normalized spacial score (nSPS) is 16.1. The maximum Gasteiger partial charge on any atom is 0.289 e. The van der Waals surface area contributed by atoms with Gasteiger partial charge in [-0.05, 0) is 24.3 Å². The van der Waals surface area contributed by atoms with Crippen LogP contribution in [0.15, 0.2) is 47.3 Å². The van der Waals surface area contributed by atoms with Gasteiger partial charge in [-0.3, -0.25) is 9.78 Å². The maximum absolute atomic E-state index is 12.1. The molecule has 1 aliphatic rings. The van der Waals surface area contributed by atoms with Crippen molar-refractivity contribution in [2.24, 2.45) is 0 Å². The van der Waals surface area contributed by atoms with Crippen LogP contribution < -0.4 is 4.74 Å². The Morgan fingerprint density at radius 1 is 1.30 bits per heavy atom. The monoisotopic (exact) mass is 272 g/mol. The summed E-state index contributed by atoms with van der Waals surface area (Å²) in [6.07, 6.45) is 6.73. The molecule has 0 bridgehead atoms. The van der Waals surface area contributed by atoms with Crippen LogP contribution in [0.4, 0.5) is 0 Å². The average Bonchev–Trinajstić information content (AvgIpc) is 3.03. The van der Waals surface area contributed by atoms with Gasteiger partial charge in [0.1, 0.15) is 11.9 Å². The lowest BCUT2D eigenvalue weighted by atomic mass is 10.1. The highest BCUT2D eigenvalue weighted by Crippen LogP contribution is 2.19. The number of carbonyl (C=O) groups is 1. The van der Waals surface area contributed by atoms with Crippen LogP contribution in [0.2, 0.25) is 0 Å². The largest absolute Gasteiger partial charge is 0.489 e. The summed E-state index contributed by atoms with van der Waals surface area (Å²) in [5.41, 5.74) is 0. The van der Waals surface area contributed by atoms with Crippen molar-refractivity contribution >= 4 is 5.91 Å². The quantitative estimate of drug-likeness (QED) is 0.860. The molecule has 0 spiro atoms. The van der Waals surface area contributed by atoms with Gasteiger partial charge in [0.2, 0.25) is 0 Å². The van der Waals surface area contributed by atoms with Gasteiger partial charge in [-0.1, -0.05) is 0 Å². The third-order valence-corrected chi connectivity index (χ3v) is 3.40. The van der Waals surface area contributed by atoms with Crippen molar-refractivity contribution in [3.63, 3.8) is 0 Å². The van der Waals surface area contributed by atoms with E-state index >= 15 is 0 Å². The molecule has 5 heteroatoms. The zero-order chi connectivity index (χ0) is 13.8. The van der Waals surface area contributed by atoms with Crippen LogP contribution >= 0.6 is 0 Å². The fourth-order valence-electron chi connectivity index (χ4n) is 2.34. The molecule has 104 valence electrons. The Balaban J connectivity index is 1.53. The third kappa shape index (κ3) is 2.82. The first kappa shape index (κ1) is 12.7. The van der Waals surface area contributed by atoms with E-state index in [0.29, 0.717) is 18.8 Å². The van der Waals surface area contributed by atoms with Crippen molar-refractivity contribution in [2.75, 3.05) is 13.1 Å². The third-order valence-electron chi connectivity index (χ3n) is 3.40. The van der Waals surface area contributed by atoms with Gasteiger partial charge in [0.15, 0.2) is 5.76 Å². The Labute approximate surface area is 117 Å². The van der Waals surface area contributed by atoms with Gasteiger partial charge in [0.25, 0.3) is 5.91 Å². The second kappa shape index (κ2) is 5.77. The summed E-state index contributed by atoms with van der Waals surface area (Å²) in [4.78, 5) is 17.9. The summed E-state index contributed by atoms with van der Waals surface area (Å²) in [7, 11) is 0. The second-order valence-corrected chi connectivity index (χ2v) is 4.78. The Hall–Kier alpha value is -2.30. The number of aromatic nitrogens is 1. The molecule has 0 saturated carbocycles. The minimum Gasteiger partial charge on any atom is -0.489 e. The summed E-state index contributed by atoms with van der Waals surface area (Å²) in [5.74, 6) is 1.13. The summed E-state index contributed by atoms with van der Waals surface area (Å²) >= 11 is 0. The first-order valence-corrected chi connectivity index (χ1v) is 6.72. The fourth-order valence-corrected chi connectivity index (χ4v) is 2.34. The van der Waals surface area contributed by atoms with E-state index in [0.717, 1.165) is 18.6 Å². The number of likely N-dealkylation sites (tertiary alicyclic amines) is 1. The number of pyridine rings is 1. The van der Waals surface area contributed by atoms with E-state index in [2.05, 4.69) is 4.98 Å². The van der Waals surface area contributed by atoms with Crippen molar-refractivity contribution in [3.05, 3.63) is 48.7 Å². The van der Waals surface area contributed by atoms with Gasteiger partial charge >= 0.3 is 0 Å². The van der Waals surface area contributed by atoms with Crippen molar-refractivity contribution in [1.82, 2.24) is 9.88 Å². The van der Waals surface area contributed by atoms with E-state index in [1.54, 1.807) is 24.5 Å². The average molecular weight is 272 g/mol. The smallest absolute Gasteiger partial charge is 0.289 e. The molecule has 3 heterocycles. The van der Waals surface area contributed by atoms with E-state index in [-0.39, 0.29) is 12.0 Å². The van der Waals surface area contributed by atoms with E-state index in [9.17, 15) is 4.79 Å². The van der Waals surface area contributed by atoms with Crippen LogP contribution in [-0.4, -0.2) is 35.0 Å². The number of rotatable bonds is 3. The lowest BCUT2D eigenvalue weighted by molar-refractivity contribution is 0.0566. The minimum absolute atomic E-state index is 0.0465. The fraction of sp³-hybridized carbons (Fsp3) is 0.333. The van der Waals surface area contributed by atoms with E-state index in [4.69, 9.17) is 9.15 Å². The molecule has 0 aliphatic carbocycles. The highest BCUT2D eigenvalue weighted by molar-refractivity contribution is 5.91. The molecule has 2 aromatic heterocycles. The summed E-state index contributed by atoms with van der Waals surface area (Å²) < 4.78 is 11.0. The Kier molecular flexibility index (Phi) is 3.67. The summed E-state index contributed by atoms with van der Waals surface area (Å²) in [6.45, 7) is 1.37. The molecule has 3 rings (SSSR count). The molecule has 2 aromatic rings.